The average molecular weight is 190 g/mol. The standard InChI is InChI=1S/C12H18N2/c1-2-3-4-5-6-7-8-9-12-10-13-11-14-12/h10-11H,2-5,8-9H2,1H3,(H,13,14). The summed E-state index contributed by atoms with van der Waals surface area (Å²) in [6, 6.07) is 0. The van der Waals surface area contributed by atoms with E-state index in [0.29, 0.717) is 0 Å². The van der Waals surface area contributed by atoms with Crippen molar-refractivity contribution >= 4 is 0 Å². The van der Waals surface area contributed by atoms with E-state index in [9.17, 15) is 0 Å². The molecule has 0 aliphatic carbocycles. The molecule has 0 spiro atoms. The molecule has 0 aliphatic heterocycles. The second kappa shape index (κ2) is 7.20. The topological polar surface area (TPSA) is 28.7 Å². The highest BCUT2D eigenvalue weighted by Gasteiger charge is 1.90. The molecular weight excluding hydrogens is 172 g/mol. The summed E-state index contributed by atoms with van der Waals surface area (Å²) in [5.74, 6) is 6.37. The summed E-state index contributed by atoms with van der Waals surface area (Å²) in [6.45, 7) is 2.21. The molecule has 2 nitrogen and oxygen atoms in total. The van der Waals surface area contributed by atoms with Gasteiger partial charge in [-0.2, -0.15) is 0 Å². The van der Waals surface area contributed by atoms with Gasteiger partial charge in [0, 0.05) is 25.5 Å². The van der Waals surface area contributed by atoms with Crippen LogP contribution in [-0.2, 0) is 6.42 Å². The van der Waals surface area contributed by atoms with Crippen molar-refractivity contribution in [3.63, 3.8) is 0 Å². The van der Waals surface area contributed by atoms with Crippen molar-refractivity contribution in [1.29, 1.82) is 0 Å². The molecule has 0 aliphatic rings. The van der Waals surface area contributed by atoms with Crippen molar-refractivity contribution in [1.82, 2.24) is 9.97 Å². The Labute approximate surface area is 86.1 Å². The summed E-state index contributed by atoms with van der Waals surface area (Å²) in [7, 11) is 0. The number of nitrogens with one attached hydrogen (secondary N) is 1. The summed E-state index contributed by atoms with van der Waals surface area (Å²) in [5, 5.41) is 0. The largest absolute Gasteiger partial charge is 0.351 e. The van der Waals surface area contributed by atoms with Crippen LogP contribution in [0.3, 0.4) is 0 Å². The number of H-pyrrole nitrogens is 1. The van der Waals surface area contributed by atoms with Crippen LogP contribution in [0.4, 0.5) is 0 Å². The Morgan fingerprint density at radius 1 is 1.29 bits per heavy atom. The Morgan fingerprint density at radius 3 is 2.86 bits per heavy atom. The number of rotatable bonds is 5. The van der Waals surface area contributed by atoms with Crippen molar-refractivity contribution in [2.24, 2.45) is 0 Å². The Bertz CT molecular complexity index is 277. The van der Waals surface area contributed by atoms with Gasteiger partial charge in [0.2, 0.25) is 0 Å². The molecule has 1 aromatic heterocycles. The average Bonchev–Trinajstić information content (AvgIpc) is 2.69. The van der Waals surface area contributed by atoms with E-state index in [1.807, 2.05) is 6.20 Å². The van der Waals surface area contributed by atoms with Gasteiger partial charge in [-0.15, -0.1) is 11.8 Å². The van der Waals surface area contributed by atoms with Gasteiger partial charge in [0.05, 0.1) is 12.0 Å². The molecule has 0 radical (unpaired) electrons. The summed E-state index contributed by atoms with van der Waals surface area (Å²) in [5.41, 5.74) is 1.10. The molecule has 0 saturated heterocycles. The Morgan fingerprint density at radius 2 is 2.14 bits per heavy atom. The van der Waals surface area contributed by atoms with Crippen LogP contribution in [0.15, 0.2) is 12.5 Å². The maximum atomic E-state index is 4.14. The number of aromatic nitrogens is 2. The van der Waals surface area contributed by atoms with E-state index < -0.39 is 0 Å². The first-order valence-electron chi connectivity index (χ1n) is 5.37. The van der Waals surface area contributed by atoms with Crippen molar-refractivity contribution in [2.75, 3.05) is 0 Å². The van der Waals surface area contributed by atoms with Crippen molar-refractivity contribution in [2.45, 2.75) is 45.4 Å². The Kier molecular flexibility index (Phi) is 5.58. The lowest BCUT2D eigenvalue weighted by Crippen LogP contribution is -1.81. The predicted octanol–water partition coefficient (Wildman–Crippen LogP) is 2.93. The smallest absolute Gasteiger partial charge is 0.0923 e. The van der Waals surface area contributed by atoms with Gasteiger partial charge in [0.25, 0.3) is 0 Å². The van der Waals surface area contributed by atoms with Gasteiger partial charge < -0.3 is 4.98 Å². The molecule has 0 atom stereocenters. The van der Waals surface area contributed by atoms with Crippen LogP contribution in [0.25, 0.3) is 0 Å². The first-order chi connectivity index (χ1) is 6.93. The molecule has 0 fully saturated rings. The van der Waals surface area contributed by atoms with E-state index in [2.05, 4.69) is 28.7 Å². The SMILES string of the molecule is CCCCCC#CCCc1c[nH]cn1. The molecule has 1 aromatic rings. The van der Waals surface area contributed by atoms with Crippen LogP contribution < -0.4 is 0 Å². The van der Waals surface area contributed by atoms with E-state index in [1.165, 1.54) is 19.3 Å². The maximum absolute atomic E-state index is 4.14. The minimum Gasteiger partial charge on any atom is -0.351 e. The zero-order chi connectivity index (χ0) is 10.1. The highest BCUT2D eigenvalue weighted by atomic mass is 14.9. The first-order valence-corrected chi connectivity index (χ1v) is 5.37. The quantitative estimate of drug-likeness (QED) is 0.561. The van der Waals surface area contributed by atoms with Crippen LogP contribution in [0, 0.1) is 11.8 Å². The second-order valence-electron chi connectivity index (χ2n) is 3.37. The molecule has 1 heterocycles. The molecule has 0 unspecified atom stereocenters. The predicted molar refractivity (Wildman–Crippen MR) is 58.8 cm³/mol. The summed E-state index contributed by atoms with van der Waals surface area (Å²) < 4.78 is 0. The summed E-state index contributed by atoms with van der Waals surface area (Å²) in [6.07, 6.45) is 10.4. The molecule has 0 bridgehead atoms. The molecule has 1 rings (SSSR count). The number of imidazole rings is 1. The maximum Gasteiger partial charge on any atom is 0.0923 e. The third-order valence-corrected chi connectivity index (χ3v) is 2.09. The van der Waals surface area contributed by atoms with Crippen LogP contribution >= 0.6 is 0 Å². The van der Waals surface area contributed by atoms with Gasteiger partial charge in [-0.1, -0.05) is 19.8 Å². The highest BCUT2D eigenvalue weighted by Crippen LogP contribution is 1.98. The van der Waals surface area contributed by atoms with Gasteiger partial charge >= 0.3 is 0 Å². The Balaban J connectivity index is 2.03. The van der Waals surface area contributed by atoms with Crippen molar-refractivity contribution in [3.05, 3.63) is 18.2 Å². The second-order valence-corrected chi connectivity index (χ2v) is 3.37. The zero-order valence-corrected chi connectivity index (χ0v) is 8.84. The van der Waals surface area contributed by atoms with Crippen molar-refractivity contribution in [3.8, 4) is 11.8 Å². The summed E-state index contributed by atoms with van der Waals surface area (Å²) in [4.78, 5) is 7.08. The minimum absolute atomic E-state index is 0.928. The molecular formula is C12H18N2. The molecule has 0 aromatic carbocycles. The number of hydrogen-bond acceptors (Lipinski definition) is 1. The van der Waals surface area contributed by atoms with E-state index >= 15 is 0 Å². The molecule has 1 N–H and O–H groups in total. The van der Waals surface area contributed by atoms with E-state index in [-0.39, 0.29) is 0 Å². The van der Waals surface area contributed by atoms with Crippen LogP contribution in [0.2, 0.25) is 0 Å². The normalized spacial score (nSPS) is 9.50. The highest BCUT2D eigenvalue weighted by molar-refractivity contribution is 5.03. The van der Waals surface area contributed by atoms with E-state index in [4.69, 9.17) is 0 Å². The number of nitrogens with zero attached hydrogens (tertiary/aromatic N) is 1. The fourth-order valence-corrected chi connectivity index (χ4v) is 1.26. The number of hydrogen-bond donors (Lipinski definition) is 1. The minimum atomic E-state index is 0.928. The molecule has 76 valence electrons. The lowest BCUT2D eigenvalue weighted by Gasteiger charge is -1.89. The lowest BCUT2D eigenvalue weighted by molar-refractivity contribution is 0.737. The van der Waals surface area contributed by atoms with Crippen LogP contribution in [0.5, 0.6) is 0 Å². The molecule has 14 heavy (non-hydrogen) atoms. The third-order valence-electron chi connectivity index (χ3n) is 2.09. The Hall–Kier alpha value is -1.23. The molecule has 2 heteroatoms. The van der Waals surface area contributed by atoms with Gasteiger partial charge in [0.1, 0.15) is 0 Å². The molecule has 0 amide bonds. The zero-order valence-electron chi connectivity index (χ0n) is 8.84. The van der Waals surface area contributed by atoms with Gasteiger partial charge in [-0.05, 0) is 6.42 Å². The summed E-state index contributed by atoms with van der Waals surface area (Å²) >= 11 is 0. The van der Waals surface area contributed by atoms with Crippen molar-refractivity contribution < 1.29 is 0 Å². The van der Waals surface area contributed by atoms with Gasteiger partial charge in [0.15, 0.2) is 0 Å². The van der Waals surface area contributed by atoms with E-state index in [0.717, 1.165) is 25.0 Å². The van der Waals surface area contributed by atoms with Crippen LogP contribution in [0.1, 0.15) is 44.7 Å². The first kappa shape index (κ1) is 10.8. The van der Waals surface area contributed by atoms with E-state index in [1.54, 1.807) is 6.33 Å². The monoisotopic (exact) mass is 190 g/mol. The molecule has 0 saturated carbocycles. The third kappa shape index (κ3) is 4.71. The fraction of sp³-hybridized carbons (Fsp3) is 0.583. The number of unbranched alkanes of at least 4 members (excludes halogenated alkanes) is 3. The van der Waals surface area contributed by atoms with Gasteiger partial charge in [-0.25, -0.2) is 4.98 Å². The lowest BCUT2D eigenvalue weighted by atomic mass is 10.2. The number of aryl methyl sites for hydroxylation is 1. The van der Waals surface area contributed by atoms with Crippen LogP contribution in [-0.4, -0.2) is 9.97 Å². The fourth-order valence-electron chi connectivity index (χ4n) is 1.26. The van der Waals surface area contributed by atoms with Gasteiger partial charge in [-0.3, -0.25) is 0 Å². The number of aromatic amines is 1.